The van der Waals surface area contributed by atoms with Gasteiger partial charge in [0.25, 0.3) is 0 Å². The summed E-state index contributed by atoms with van der Waals surface area (Å²) in [6.07, 6.45) is 4.61. The Morgan fingerprint density at radius 1 is 0.650 bits per heavy atom. The lowest BCUT2D eigenvalue weighted by Gasteiger charge is -2.09. The van der Waals surface area contributed by atoms with Crippen molar-refractivity contribution in [2.45, 2.75) is 34.1 Å². The largest absolute Gasteiger partial charge is 0.119 e. The van der Waals surface area contributed by atoms with E-state index in [0.717, 1.165) is 0 Å². The molecule has 0 bridgehead atoms. The van der Waals surface area contributed by atoms with E-state index in [9.17, 15) is 0 Å². The van der Waals surface area contributed by atoms with Gasteiger partial charge in [-0.15, -0.1) is 23.5 Å². The van der Waals surface area contributed by atoms with E-state index in [1.54, 1.807) is 0 Å². The van der Waals surface area contributed by atoms with Crippen LogP contribution in [0.1, 0.15) is 13.8 Å². The zero-order valence-corrected chi connectivity index (χ0v) is 13.5. The van der Waals surface area contributed by atoms with E-state index in [1.807, 2.05) is 23.5 Å². The molecule has 0 aromatic heterocycles. The molecule has 2 heteroatoms. The van der Waals surface area contributed by atoms with Crippen LogP contribution < -0.4 is 0 Å². The van der Waals surface area contributed by atoms with Gasteiger partial charge in [-0.25, -0.2) is 0 Å². The van der Waals surface area contributed by atoms with Gasteiger partial charge in [0.2, 0.25) is 0 Å². The quantitative estimate of drug-likeness (QED) is 0.481. The summed E-state index contributed by atoms with van der Waals surface area (Å²) in [5.41, 5.74) is 0. The lowest BCUT2D eigenvalue weighted by atomic mass is 10.3. The van der Waals surface area contributed by atoms with Crippen LogP contribution in [0.15, 0.2) is 82.6 Å². The van der Waals surface area contributed by atoms with Crippen molar-refractivity contribution < 1.29 is 0 Å². The fourth-order valence-electron chi connectivity index (χ4n) is 1.82. The van der Waals surface area contributed by atoms with Crippen LogP contribution in [0.25, 0.3) is 0 Å². The third kappa shape index (κ3) is 5.48. The lowest BCUT2D eigenvalue weighted by molar-refractivity contribution is 1.17. The maximum Gasteiger partial charge on any atom is 0.0246 e. The van der Waals surface area contributed by atoms with Crippen LogP contribution in [0.5, 0.6) is 0 Å². The predicted molar refractivity (Wildman–Crippen MR) is 92.7 cm³/mol. The van der Waals surface area contributed by atoms with Crippen molar-refractivity contribution >= 4 is 23.5 Å². The summed E-state index contributed by atoms with van der Waals surface area (Å²) in [7, 11) is 0. The number of hydrogen-bond donors (Lipinski definition) is 0. The zero-order valence-electron chi connectivity index (χ0n) is 11.9. The predicted octanol–water partition coefficient (Wildman–Crippen LogP) is 5.90. The van der Waals surface area contributed by atoms with Crippen molar-refractivity contribution in [2.75, 3.05) is 0 Å². The molecule has 0 saturated heterocycles. The second-order valence-electron chi connectivity index (χ2n) is 4.66. The Kier molecular flexibility index (Phi) is 6.28. The van der Waals surface area contributed by atoms with Crippen molar-refractivity contribution in [1.82, 2.24) is 0 Å². The van der Waals surface area contributed by atoms with Crippen LogP contribution in [0, 0.1) is 0 Å². The van der Waals surface area contributed by atoms with Crippen LogP contribution >= 0.6 is 23.5 Å². The Morgan fingerprint density at radius 3 is 1.35 bits per heavy atom. The Labute approximate surface area is 130 Å². The molecule has 2 aromatic carbocycles. The van der Waals surface area contributed by atoms with Gasteiger partial charge in [-0.05, 0) is 38.1 Å². The third-order valence-electron chi connectivity index (χ3n) is 2.78. The SMILES string of the molecule is CC(/C=C\C(C)Sc1ccccc1)Sc1ccccc1. The summed E-state index contributed by atoms with van der Waals surface area (Å²) in [6.45, 7) is 4.49. The van der Waals surface area contributed by atoms with E-state index in [-0.39, 0.29) is 0 Å². The molecule has 0 nitrogen and oxygen atoms in total. The topological polar surface area (TPSA) is 0 Å². The number of hydrogen-bond acceptors (Lipinski definition) is 2. The highest BCUT2D eigenvalue weighted by molar-refractivity contribution is 8.00. The molecule has 0 saturated carbocycles. The van der Waals surface area contributed by atoms with E-state index < -0.39 is 0 Å². The van der Waals surface area contributed by atoms with Gasteiger partial charge in [0.05, 0.1) is 0 Å². The molecule has 0 amide bonds. The number of benzene rings is 2. The molecule has 0 spiro atoms. The van der Waals surface area contributed by atoms with Crippen molar-refractivity contribution in [1.29, 1.82) is 0 Å². The maximum atomic E-state index is 2.30. The normalized spacial score (nSPS) is 14.3. The first-order valence-corrected chi connectivity index (χ1v) is 8.62. The molecule has 2 rings (SSSR count). The number of thioether (sulfide) groups is 2. The Balaban J connectivity index is 1.82. The van der Waals surface area contributed by atoms with Crippen LogP contribution in [-0.4, -0.2) is 10.5 Å². The van der Waals surface area contributed by atoms with Crippen molar-refractivity contribution in [3.05, 3.63) is 72.8 Å². The van der Waals surface area contributed by atoms with Crippen molar-refractivity contribution in [3.63, 3.8) is 0 Å². The molecule has 2 aromatic rings. The van der Waals surface area contributed by atoms with Gasteiger partial charge in [-0.2, -0.15) is 0 Å². The van der Waals surface area contributed by atoms with Gasteiger partial charge in [0.1, 0.15) is 0 Å². The number of rotatable bonds is 6. The summed E-state index contributed by atoms with van der Waals surface area (Å²) < 4.78 is 0. The van der Waals surface area contributed by atoms with Crippen LogP contribution in [0.3, 0.4) is 0 Å². The highest BCUT2D eigenvalue weighted by Crippen LogP contribution is 2.26. The lowest BCUT2D eigenvalue weighted by Crippen LogP contribution is -1.94. The fourth-order valence-corrected chi connectivity index (χ4v) is 3.64. The van der Waals surface area contributed by atoms with Gasteiger partial charge < -0.3 is 0 Å². The molecular formula is C18H20S2. The first-order chi connectivity index (χ1) is 9.74. The van der Waals surface area contributed by atoms with E-state index >= 15 is 0 Å². The molecule has 0 fully saturated rings. The molecule has 2 atom stereocenters. The van der Waals surface area contributed by atoms with Crippen molar-refractivity contribution in [3.8, 4) is 0 Å². The van der Waals surface area contributed by atoms with Gasteiger partial charge in [0, 0.05) is 20.3 Å². The van der Waals surface area contributed by atoms with Crippen LogP contribution in [0.2, 0.25) is 0 Å². The molecule has 104 valence electrons. The van der Waals surface area contributed by atoms with E-state index in [4.69, 9.17) is 0 Å². The molecule has 0 aliphatic carbocycles. The van der Waals surface area contributed by atoms with Crippen LogP contribution in [0.4, 0.5) is 0 Å². The molecule has 0 radical (unpaired) electrons. The smallest absolute Gasteiger partial charge is 0.0246 e. The summed E-state index contributed by atoms with van der Waals surface area (Å²) in [4.78, 5) is 2.65. The van der Waals surface area contributed by atoms with Gasteiger partial charge in [-0.1, -0.05) is 48.6 Å². The molecule has 0 aliphatic heterocycles. The average molecular weight is 300 g/mol. The molecule has 0 N–H and O–H groups in total. The highest BCUT2D eigenvalue weighted by atomic mass is 32.2. The first kappa shape index (κ1) is 15.3. The summed E-state index contributed by atoms with van der Waals surface area (Å²) >= 11 is 3.79. The molecule has 0 aliphatic rings. The molecule has 2 unspecified atom stereocenters. The summed E-state index contributed by atoms with van der Waals surface area (Å²) in [5, 5.41) is 0.993. The van der Waals surface area contributed by atoms with E-state index in [2.05, 4.69) is 86.7 Å². The van der Waals surface area contributed by atoms with E-state index in [1.165, 1.54) is 9.79 Å². The second-order valence-corrected chi connectivity index (χ2v) is 7.56. The Bertz CT molecular complexity index is 470. The monoisotopic (exact) mass is 300 g/mol. The van der Waals surface area contributed by atoms with Crippen molar-refractivity contribution in [2.24, 2.45) is 0 Å². The second kappa shape index (κ2) is 8.23. The summed E-state index contributed by atoms with van der Waals surface area (Å²) in [6, 6.07) is 21.1. The summed E-state index contributed by atoms with van der Waals surface area (Å²) in [5.74, 6) is 0. The molecular weight excluding hydrogens is 280 g/mol. The van der Waals surface area contributed by atoms with Crippen LogP contribution in [-0.2, 0) is 0 Å². The van der Waals surface area contributed by atoms with Gasteiger partial charge in [0.15, 0.2) is 0 Å². The third-order valence-corrected chi connectivity index (χ3v) is 4.93. The van der Waals surface area contributed by atoms with E-state index in [0.29, 0.717) is 10.5 Å². The first-order valence-electron chi connectivity index (χ1n) is 6.86. The average Bonchev–Trinajstić information content (AvgIpc) is 2.47. The minimum absolute atomic E-state index is 0.497. The van der Waals surface area contributed by atoms with Gasteiger partial charge in [-0.3, -0.25) is 0 Å². The van der Waals surface area contributed by atoms with Gasteiger partial charge >= 0.3 is 0 Å². The molecule has 0 heterocycles. The highest BCUT2D eigenvalue weighted by Gasteiger charge is 2.03. The molecule has 20 heavy (non-hydrogen) atoms. The standard InChI is InChI=1S/C18H20S2/c1-15(19-17-9-5-3-6-10-17)13-14-16(2)20-18-11-7-4-8-12-18/h3-16H,1-2H3/b14-13-. The maximum absolute atomic E-state index is 2.30. The minimum Gasteiger partial charge on any atom is -0.119 e. The minimum atomic E-state index is 0.497. The Morgan fingerprint density at radius 2 is 1.00 bits per heavy atom. The zero-order chi connectivity index (χ0) is 14.2. The fraction of sp³-hybridized carbons (Fsp3) is 0.222. The Hall–Kier alpha value is -1.12.